The molecule has 1 fully saturated rings. The number of benzene rings is 1. The summed E-state index contributed by atoms with van der Waals surface area (Å²) < 4.78 is 5.36. The highest BCUT2D eigenvalue weighted by Gasteiger charge is 2.12. The Bertz CT molecular complexity index is 450. The van der Waals surface area contributed by atoms with Crippen LogP contribution in [-0.2, 0) is 4.74 Å². The molecule has 1 aromatic rings. The summed E-state index contributed by atoms with van der Waals surface area (Å²) in [5.74, 6) is 0. The van der Waals surface area contributed by atoms with Crippen molar-refractivity contribution in [1.29, 1.82) is 0 Å². The number of ether oxygens (including phenoxy) is 1. The van der Waals surface area contributed by atoms with Crippen LogP contribution in [0.25, 0.3) is 0 Å². The van der Waals surface area contributed by atoms with Crippen LogP contribution >= 0.6 is 24.0 Å². The Labute approximate surface area is 136 Å². The first-order chi connectivity index (χ1) is 10.3. The molecule has 6 heteroatoms. The molecule has 4 nitrogen and oxygen atoms in total. The van der Waals surface area contributed by atoms with Crippen molar-refractivity contribution in [2.45, 2.75) is 11.3 Å². The van der Waals surface area contributed by atoms with Gasteiger partial charge in [-0.05, 0) is 36.7 Å². The molecule has 1 saturated heterocycles. The average molecular weight is 327 g/mol. The summed E-state index contributed by atoms with van der Waals surface area (Å²) in [5, 5.41) is 7.21. The third-order valence-electron chi connectivity index (χ3n) is 3.52. The first-order valence-electron chi connectivity index (χ1n) is 7.38. The van der Waals surface area contributed by atoms with Crippen molar-refractivity contribution in [1.82, 2.24) is 5.32 Å². The summed E-state index contributed by atoms with van der Waals surface area (Å²) in [7, 11) is 0. The molecular formula is C15H24N3OS2+. The van der Waals surface area contributed by atoms with Crippen LogP contribution in [0.2, 0.25) is 0 Å². The fraction of sp³-hybridized carbons (Fsp3) is 0.533. The lowest BCUT2D eigenvalue weighted by Gasteiger charge is -2.23. The summed E-state index contributed by atoms with van der Waals surface area (Å²) in [6.45, 7) is 6.15. The van der Waals surface area contributed by atoms with E-state index in [4.69, 9.17) is 17.0 Å². The number of morpholine rings is 1. The van der Waals surface area contributed by atoms with Crippen molar-refractivity contribution >= 4 is 34.8 Å². The van der Waals surface area contributed by atoms with E-state index in [1.54, 1.807) is 16.7 Å². The third kappa shape index (κ3) is 6.22. The number of anilines is 1. The van der Waals surface area contributed by atoms with Gasteiger partial charge in [0.15, 0.2) is 5.11 Å². The van der Waals surface area contributed by atoms with E-state index in [0.717, 1.165) is 45.0 Å². The Morgan fingerprint density at radius 3 is 2.95 bits per heavy atom. The zero-order chi connectivity index (χ0) is 14.9. The fourth-order valence-electron chi connectivity index (χ4n) is 2.33. The van der Waals surface area contributed by atoms with Gasteiger partial charge in [-0.1, -0.05) is 6.07 Å². The number of nitrogens with one attached hydrogen (secondary N) is 3. The van der Waals surface area contributed by atoms with Gasteiger partial charge in [0.25, 0.3) is 0 Å². The molecule has 0 radical (unpaired) electrons. The second-order valence-corrected chi connectivity index (χ2v) is 6.37. The average Bonchev–Trinajstić information content (AvgIpc) is 2.53. The summed E-state index contributed by atoms with van der Waals surface area (Å²) >= 11 is 7.06. The Kier molecular flexibility index (Phi) is 7.29. The van der Waals surface area contributed by atoms with Crippen LogP contribution < -0.4 is 15.5 Å². The molecule has 0 spiro atoms. The highest BCUT2D eigenvalue weighted by molar-refractivity contribution is 7.98. The van der Waals surface area contributed by atoms with Crippen molar-refractivity contribution in [2.24, 2.45) is 0 Å². The van der Waals surface area contributed by atoms with Crippen molar-refractivity contribution in [2.75, 3.05) is 51.0 Å². The van der Waals surface area contributed by atoms with E-state index in [1.165, 1.54) is 11.4 Å². The highest BCUT2D eigenvalue weighted by Crippen LogP contribution is 2.18. The van der Waals surface area contributed by atoms with Crippen molar-refractivity contribution in [3.8, 4) is 0 Å². The number of rotatable bonds is 6. The van der Waals surface area contributed by atoms with Crippen molar-refractivity contribution < 1.29 is 9.64 Å². The number of thioether (sulfide) groups is 1. The van der Waals surface area contributed by atoms with Crippen LogP contribution in [0, 0.1) is 0 Å². The number of thiocarbonyl (C=S) groups is 1. The zero-order valence-electron chi connectivity index (χ0n) is 12.5. The second kappa shape index (κ2) is 9.25. The molecule has 0 saturated carbocycles. The van der Waals surface area contributed by atoms with E-state index < -0.39 is 0 Å². The first-order valence-corrected chi connectivity index (χ1v) is 9.01. The van der Waals surface area contributed by atoms with Gasteiger partial charge in [0.2, 0.25) is 0 Å². The Balaban J connectivity index is 1.62. The van der Waals surface area contributed by atoms with Crippen molar-refractivity contribution in [3.63, 3.8) is 0 Å². The molecule has 0 aliphatic carbocycles. The number of quaternary nitrogens is 1. The molecule has 2 rings (SSSR count). The lowest BCUT2D eigenvalue weighted by Crippen LogP contribution is -3.14. The maximum atomic E-state index is 5.36. The van der Waals surface area contributed by atoms with Crippen LogP contribution in [0.15, 0.2) is 29.2 Å². The highest BCUT2D eigenvalue weighted by atomic mass is 32.2. The maximum absolute atomic E-state index is 5.36. The van der Waals surface area contributed by atoms with Crippen LogP contribution in [0.1, 0.15) is 6.42 Å². The second-order valence-electron chi connectivity index (χ2n) is 5.08. The molecule has 116 valence electrons. The molecule has 0 atom stereocenters. The minimum atomic E-state index is 0.699. The van der Waals surface area contributed by atoms with Gasteiger partial charge >= 0.3 is 0 Å². The lowest BCUT2D eigenvalue weighted by atomic mass is 10.3. The van der Waals surface area contributed by atoms with Crippen molar-refractivity contribution in [3.05, 3.63) is 24.3 Å². The molecule has 3 N–H and O–H groups in total. The summed E-state index contributed by atoms with van der Waals surface area (Å²) in [4.78, 5) is 2.87. The van der Waals surface area contributed by atoms with Crippen LogP contribution in [0.4, 0.5) is 5.69 Å². The van der Waals surface area contributed by atoms with Gasteiger partial charge in [-0.15, -0.1) is 11.8 Å². The zero-order valence-corrected chi connectivity index (χ0v) is 14.1. The van der Waals surface area contributed by atoms with E-state index in [2.05, 4.69) is 29.0 Å². The van der Waals surface area contributed by atoms with Crippen LogP contribution in [0.5, 0.6) is 0 Å². The minimum Gasteiger partial charge on any atom is -0.370 e. The Morgan fingerprint density at radius 2 is 2.19 bits per heavy atom. The molecule has 0 aromatic heterocycles. The normalized spacial score (nSPS) is 15.7. The SMILES string of the molecule is CSc1cccc(NC(=S)NCCC[NH+]2CCOCC2)c1. The summed E-state index contributed by atoms with van der Waals surface area (Å²) in [5.41, 5.74) is 1.04. The van der Waals surface area contributed by atoms with Gasteiger partial charge in [0.1, 0.15) is 13.1 Å². The predicted octanol–water partition coefficient (Wildman–Crippen LogP) is 1.00. The van der Waals surface area contributed by atoms with Gasteiger partial charge in [0.05, 0.1) is 19.8 Å². The summed E-state index contributed by atoms with van der Waals surface area (Å²) in [6.07, 6.45) is 3.20. The molecule has 1 heterocycles. The van der Waals surface area contributed by atoms with E-state index in [-0.39, 0.29) is 0 Å². The van der Waals surface area contributed by atoms with Gasteiger partial charge < -0.3 is 20.3 Å². The maximum Gasteiger partial charge on any atom is 0.170 e. The molecule has 1 aliphatic rings. The molecule has 21 heavy (non-hydrogen) atoms. The van der Waals surface area contributed by atoms with Gasteiger partial charge in [-0.2, -0.15) is 0 Å². The van der Waals surface area contributed by atoms with Crippen LogP contribution in [0.3, 0.4) is 0 Å². The Hall–Kier alpha value is -0.820. The lowest BCUT2D eigenvalue weighted by molar-refractivity contribution is -0.908. The number of hydrogen-bond acceptors (Lipinski definition) is 3. The molecule has 0 amide bonds. The third-order valence-corrected chi connectivity index (χ3v) is 4.49. The smallest absolute Gasteiger partial charge is 0.170 e. The number of hydrogen-bond donors (Lipinski definition) is 3. The molecule has 0 unspecified atom stereocenters. The Morgan fingerprint density at radius 1 is 1.38 bits per heavy atom. The van der Waals surface area contributed by atoms with E-state index in [9.17, 15) is 0 Å². The molecular weight excluding hydrogens is 302 g/mol. The first kappa shape index (κ1) is 16.5. The van der Waals surface area contributed by atoms with E-state index in [1.807, 2.05) is 12.1 Å². The minimum absolute atomic E-state index is 0.699. The van der Waals surface area contributed by atoms with Gasteiger partial charge in [-0.3, -0.25) is 0 Å². The van der Waals surface area contributed by atoms with Gasteiger partial charge in [0, 0.05) is 23.5 Å². The molecule has 1 aliphatic heterocycles. The predicted molar refractivity (Wildman–Crippen MR) is 93.4 cm³/mol. The van der Waals surface area contributed by atoms with E-state index >= 15 is 0 Å². The fourth-order valence-corrected chi connectivity index (χ4v) is 3.01. The topological polar surface area (TPSA) is 37.7 Å². The van der Waals surface area contributed by atoms with Gasteiger partial charge in [-0.25, -0.2) is 0 Å². The largest absolute Gasteiger partial charge is 0.370 e. The standard InChI is InChI=1S/C15H23N3OS2/c1-21-14-5-2-4-13(12-14)17-15(20)16-6-3-7-18-8-10-19-11-9-18/h2,4-5,12H,3,6-11H2,1H3,(H2,16,17,20)/p+1. The molecule has 1 aromatic carbocycles. The quantitative estimate of drug-likeness (QED) is 0.413. The molecule has 0 bridgehead atoms. The summed E-state index contributed by atoms with van der Waals surface area (Å²) in [6, 6.07) is 8.28. The monoisotopic (exact) mass is 326 g/mol. The van der Waals surface area contributed by atoms with Crippen LogP contribution in [-0.4, -0.2) is 50.8 Å². The van der Waals surface area contributed by atoms with E-state index in [0.29, 0.717) is 5.11 Å².